The number of rotatable bonds is 7. The zero-order valence-corrected chi connectivity index (χ0v) is 14.5. The van der Waals surface area contributed by atoms with Crippen LogP contribution < -0.4 is 5.48 Å². The SMILES string of the molecule is CN(CC(=O)NOCc1ccccc1)S(=O)(=O)c1ccc(Cl)cc1. The molecular formula is C16H17ClN2O4S. The topological polar surface area (TPSA) is 75.7 Å². The number of nitrogens with zero attached hydrogens (tertiary/aromatic N) is 1. The van der Waals surface area contributed by atoms with Crippen molar-refractivity contribution in [3.05, 3.63) is 65.2 Å². The second-order valence-corrected chi connectivity index (χ2v) is 7.50. The number of benzene rings is 2. The van der Waals surface area contributed by atoms with Gasteiger partial charge in [-0.3, -0.25) is 9.63 Å². The van der Waals surface area contributed by atoms with Crippen LogP contribution in [-0.4, -0.2) is 32.2 Å². The normalized spacial score (nSPS) is 11.5. The van der Waals surface area contributed by atoms with E-state index >= 15 is 0 Å². The minimum atomic E-state index is -3.77. The molecule has 0 heterocycles. The Morgan fingerprint density at radius 1 is 1.12 bits per heavy atom. The molecule has 0 aromatic heterocycles. The number of hydrogen-bond acceptors (Lipinski definition) is 4. The highest BCUT2D eigenvalue weighted by Crippen LogP contribution is 2.17. The first-order valence-corrected chi connectivity index (χ1v) is 8.88. The van der Waals surface area contributed by atoms with Crippen molar-refractivity contribution in [2.75, 3.05) is 13.6 Å². The van der Waals surface area contributed by atoms with Gasteiger partial charge in [-0.25, -0.2) is 13.9 Å². The standard InChI is InChI=1S/C16H17ClN2O4S/c1-19(24(21,22)15-9-7-14(17)8-10-15)11-16(20)18-23-12-13-5-3-2-4-6-13/h2-10H,11-12H2,1H3,(H,18,20). The van der Waals surface area contributed by atoms with Gasteiger partial charge in [0.05, 0.1) is 18.0 Å². The van der Waals surface area contributed by atoms with Crippen LogP contribution in [0.5, 0.6) is 0 Å². The second kappa shape index (κ2) is 8.25. The van der Waals surface area contributed by atoms with Gasteiger partial charge in [0, 0.05) is 12.1 Å². The van der Waals surface area contributed by atoms with Crippen LogP contribution in [0.3, 0.4) is 0 Å². The first kappa shape index (κ1) is 18.4. The van der Waals surface area contributed by atoms with Crippen molar-refractivity contribution in [2.24, 2.45) is 0 Å². The van der Waals surface area contributed by atoms with Crippen molar-refractivity contribution in [2.45, 2.75) is 11.5 Å². The number of hydroxylamine groups is 1. The van der Waals surface area contributed by atoms with E-state index in [0.29, 0.717) is 5.02 Å². The predicted octanol–water partition coefficient (Wildman–Crippen LogP) is 2.21. The summed E-state index contributed by atoms with van der Waals surface area (Å²) in [5.41, 5.74) is 3.12. The lowest BCUT2D eigenvalue weighted by Crippen LogP contribution is -2.38. The molecule has 0 saturated carbocycles. The summed E-state index contributed by atoms with van der Waals surface area (Å²) in [5.74, 6) is -0.564. The Labute approximate surface area is 146 Å². The van der Waals surface area contributed by atoms with Gasteiger partial charge >= 0.3 is 0 Å². The Morgan fingerprint density at radius 2 is 1.75 bits per heavy atom. The van der Waals surface area contributed by atoms with Crippen LogP contribution in [0, 0.1) is 0 Å². The highest BCUT2D eigenvalue weighted by atomic mass is 35.5. The molecule has 128 valence electrons. The van der Waals surface area contributed by atoms with E-state index in [2.05, 4.69) is 5.48 Å². The van der Waals surface area contributed by atoms with E-state index in [1.54, 1.807) is 0 Å². The Bertz CT molecular complexity index is 779. The molecule has 0 radical (unpaired) electrons. The smallest absolute Gasteiger partial charge is 0.258 e. The lowest BCUT2D eigenvalue weighted by Gasteiger charge is -2.16. The third-order valence-electron chi connectivity index (χ3n) is 3.16. The molecule has 0 bridgehead atoms. The maximum Gasteiger partial charge on any atom is 0.258 e. The Hall–Kier alpha value is -1.93. The number of likely N-dealkylation sites (N-methyl/N-ethyl adjacent to an activating group) is 1. The van der Waals surface area contributed by atoms with E-state index in [9.17, 15) is 13.2 Å². The van der Waals surface area contributed by atoms with Crippen molar-refractivity contribution in [3.8, 4) is 0 Å². The van der Waals surface area contributed by atoms with Crippen LogP contribution in [0.25, 0.3) is 0 Å². The Kier molecular flexibility index (Phi) is 6.33. The maximum absolute atomic E-state index is 12.3. The van der Waals surface area contributed by atoms with Crippen LogP contribution in [-0.2, 0) is 26.3 Å². The number of nitrogens with one attached hydrogen (secondary N) is 1. The van der Waals surface area contributed by atoms with Crippen LogP contribution in [0.1, 0.15) is 5.56 Å². The highest BCUT2D eigenvalue weighted by Gasteiger charge is 2.22. The average molecular weight is 369 g/mol. The average Bonchev–Trinajstić information content (AvgIpc) is 2.56. The molecule has 0 spiro atoms. The van der Waals surface area contributed by atoms with Gasteiger partial charge in [0.1, 0.15) is 0 Å². The number of sulfonamides is 1. The summed E-state index contributed by atoms with van der Waals surface area (Å²) in [6, 6.07) is 15.0. The Morgan fingerprint density at radius 3 is 2.38 bits per heavy atom. The summed E-state index contributed by atoms with van der Waals surface area (Å²) >= 11 is 5.74. The predicted molar refractivity (Wildman–Crippen MR) is 90.6 cm³/mol. The fourth-order valence-electron chi connectivity index (χ4n) is 1.88. The van der Waals surface area contributed by atoms with E-state index < -0.39 is 15.9 Å². The van der Waals surface area contributed by atoms with Crippen molar-refractivity contribution < 1.29 is 18.0 Å². The number of carbonyl (C=O) groups is 1. The quantitative estimate of drug-likeness (QED) is 0.760. The van der Waals surface area contributed by atoms with Gasteiger partial charge in [-0.2, -0.15) is 4.31 Å². The number of amides is 1. The van der Waals surface area contributed by atoms with Gasteiger partial charge in [0.25, 0.3) is 5.91 Å². The van der Waals surface area contributed by atoms with E-state index in [1.165, 1.54) is 31.3 Å². The molecular weight excluding hydrogens is 352 g/mol. The zero-order chi connectivity index (χ0) is 17.6. The molecule has 2 aromatic carbocycles. The summed E-state index contributed by atoms with van der Waals surface area (Å²) in [6.07, 6.45) is 0. The molecule has 0 atom stereocenters. The summed E-state index contributed by atoms with van der Waals surface area (Å²) in [6.45, 7) is -0.167. The first-order chi connectivity index (χ1) is 11.4. The van der Waals surface area contributed by atoms with Crippen LogP contribution >= 0.6 is 11.6 Å². The molecule has 0 aliphatic heterocycles. The van der Waals surface area contributed by atoms with Gasteiger partial charge in [-0.15, -0.1) is 0 Å². The Balaban J connectivity index is 1.87. The lowest BCUT2D eigenvalue weighted by molar-refractivity contribution is -0.134. The molecule has 24 heavy (non-hydrogen) atoms. The minimum absolute atomic E-state index is 0.0624. The molecule has 6 nitrogen and oxygen atoms in total. The fraction of sp³-hybridized carbons (Fsp3) is 0.188. The molecule has 0 aliphatic carbocycles. The van der Waals surface area contributed by atoms with Gasteiger partial charge in [-0.1, -0.05) is 41.9 Å². The van der Waals surface area contributed by atoms with Crippen molar-refractivity contribution in [1.29, 1.82) is 0 Å². The van der Waals surface area contributed by atoms with E-state index in [1.807, 2.05) is 30.3 Å². The third-order valence-corrected chi connectivity index (χ3v) is 5.23. The molecule has 1 N–H and O–H groups in total. The van der Waals surface area contributed by atoms with E-state index in [-0.39, 0.29) is 18.0 Å². The maximum atomic E-state index is 12.3. The van der Waals surface area contributed by atoms with E-state index in [0.717, 1.165) is 9.87 Å². The third kappa shape index (κ3) is 5.04. The number of carbonyl (C=O) groups excluding carboxylic acids is 1. The van der Waals surface area contributed by atoms with Gasteiger partial charge in [0.15, 0.2) is 0 Å². The largest absolute Gasteiger partial charge is 0.271 e. The summed E-state index contributed by atoms with van der Waals surface area (Å²) in [7, 11) is -2.45. The summed E-state index contributed by atoms with van der Waals surface area (Å²) < 4.78 is 25.6. The number of halogens is 1. The summed E-state index contributed by atoms with van der Waals surface area (Å²) in [4.78, 5) is 17.0. The molecule has 2 rings (SSSR count). The van der Waals surface area contributed by atoms with Crippen LogP contribution in [0.2, 0.25) is 5.02 Å². The van der Waals surface area contributed by atoms with Crippen LogP contribution in [0.4, 0.5) is 0 Å². The molecule has 0 saturated heterocycles. The summed E-state index contributed by atoms with van der Waals surface area (Å²) in [5, 5.41) is 0.434. The first-order valence-electron chi connectivity index (χ1n) is 7.06. The van der Waals surface area contributed by atoms with Crippen LogP contribution in [0.15, 0.2) is 59.5 Å². The number of hydrogen-bond donors (Lipinski definition) is 1. The second-order valence-electron chi connectivity index (χ2n) is 5.01. The molecule has 2 aromatic rings. The van der Waals surface area contributed by atoms with Crippen molar-refractivity contribution >= 4 is 27.5 Å². The molecule has 8 heteroatoms. The fourth-order valence-corrected chi connectivity index (χ4v) is 3.13. The van der Waals surface area contributed by atoms with Gasteiger partial charge in [-0.05, 0) is 29.8 Å². The molecule has 0 fully saturated rings. The molecule has 0 aliphatic rings. The van der Waals surface area contributed by atoms with Crippen molar-refractivity contribution in [1.82, 2.24) is 9.79 Å². The van der Waals surface area contributed by atoms with Gasteiger partial charge < -0.3 is 0 Å². The monoisotopic (exact) mass is 368 g/mol. The van der Waals surface area contributed by atoms with Gasteiger partial charge in [0.2, 0.25) is 10.0 Å². The lowest BCUT2D eigenvalue weighted by atomic mass is 10.2. The minimum Gasteiger partial charge on any atom is -0.271 e. The molecule has 1 amide bonds. The highest BCUT2D eigenvalue weighted by molar-refractivity contribution is 7.89. The van der Waals surface area contributed by atoms with Crippen molar-refractivity contribution in [3.63, 3.8) is 0 Å². The van der Waals surface area contributed by atoms with E-state index in [4.69, 9.17) is 16.4 Å². The zero-order valence-electron chi connectivity index (χ0n) is 13.0. The molecule has 0 unspecified atom stereocenters.